The van der Waals surface area contributed by atoms with Gasteiger partial charge < -0.3 is 14.6 Å². The lowest BCUT2D eigenvalue weighted by Crippen LogP contribution is -2.34. The second-order valence-corrected chi connectivity index (χ2v) is 5.25. The standard InChI is InChI=1S/C13H18N2O3/c1-9(16)10-6-11(14(3)7-10)12(17)15-5-4-13(2,18)8-15/h6-7,18H,4-5,8H2,1-3H3. The van der Waals surface area contributed by atoms with E-state index in [-0.39, 0.29) is 11.7 Å². The molecule has 2 heterocycles. The Kier molecular flexibility index (Phi) is 3.02. The van der Waals surface area contributed by atoms with Gasteiger partial charge in [0.1, 0.15) is 5.69 Å². The Balaban J connectivity index is 2.22. The third-order valence-electron chi connectivity index (χ3n) is 3.37. The lowest BCUT2D eigenvalue weighted by molar-refractivity contribution is 0.0567. The van der Waals surface area contributed by atoms with Crippen molar-refractivity contribution in [2.45, 2.75) is 25.9 Å². The number of Topliss-reactive ketones (excluding diaryl/α,β-unsaturated/α-hetero) is 1. The van der Waals surface area contributed by atoms with Crippen molar-refractivity contribution in [2.24, 2.45) is 7.05 Å². The van der Waals surface area contributed by atoms with Gasteiger partial charge in [-0.05, 0) is 26.3 Å². The number of ketones is 1. The van der Waals surface area contributed by atoms with Crippen LogP contribution in [0.1, 0.15) is 41.1 Å². The Morgan fingerprint density at radius 2 is 2.11 bits per heavy atom. The van der Waals surface area contributed by atoms with Crippen LogP contribution >= 0.6 is 0 Å². The van der Waals surface area contributed by atoms with Crippen LogP contribution in [0, 0.1) is 0 Å². The maximum atomic E-state index is 12.3. The van der Waals surface area contributed by atoms with Gasteiger partial charge in [0.05, 0.1) is 5.60 Å². The van der Waals surface area contributed by atoms with E-state index in [2.05, 4.69) is 0 Å². The largest absolute Gasteiger partial charge is 0.388 e. The summed E-state index contributed by atoms with van der Waals surface area (Å²) in [5.74, 6) is -0.194. The van der Waals surface area contributed by atoms with Crippen molar-refractivity contribution < 1.29 is 14.7 Å². The first-order valence-corrected chi connectivity index (χ1v) is 5.99. The summed E-state index contributed by atoms with van der Waals surface area (Å²) in [6, 6.07) is 1.61. The first-order valence-electron chi connectivity index (χ1n) is 5.99. The molecule has 0 bridgehead atoms. The number of β-amino-alcohol motifs (C(OH)–C–C–N with tert-alkyl or cyclic N) is 1. The number of carbonyl (C=O) groups is 2. The number of nitrogens with zero attached hydrogens (tertiary/aromatic N) is 2. The average Bonchev–Trinajstić information content (AvgIpc) is 2.81. The fraction of sp³-hybridized carbons (Fsp3) is 0.538. The molecule has 1 amide bonds. The minimum atomic E-state index is -0.801. The molecule has 1 aliphatic heterocycles. The van der Waals surface area contributed by atoms with Gasteiger partial charge in [-0.3, -0.25) is 9.59 Å². The highest BCUT2D eigenvalue weighted by Crippen LogP contribution is 2.22. The number of aryl methyl sites for hydroxylation is 1. The summed E-state index contributed by atoms with van der Waals surface area (Å²) in [4.78, 5) is 25.2. The molecule has 1 saturated heterocycles. The number of amides is 1. The average molecular weight is 250 g/mol. The van der Waals surface area contributed by atoms with E-state index in [1.807, 2.05) is 0 Å². The Morgan fingerprint density at radius 3 is 2.56 bits per heavy atom. The first kappa shape index (κ1) is 12.8. The van der Waals surface area contributed by atoms with E-state index in [1.165, 1.54) is 6.92 Å². The van der Waals surface area contributed by atoms with Crippen LogP contribution in [0.25, 0.3) is 0 Å². The summed E-state index contributed by atoms with van der Waals surface area (Å²) in [6.07, 6.45) is 2.24. The number of aromatic nitrogens is 1. The molecule has 2 rings (SSSR count). The van der Waals surface area contributed by atoms with Gasteiger partial charge in [0.15, 0.2) is 5.78 Å². The normalized spacial score (nSPS) is 23.4. The molecule has 0 spiro atoms. The van der Waals surface area contributed by atoms with E-state index in [1.54, 1.807) is 35.7 Å². The molecule has 1 unspecified atom stereocenters. The summed E-state index contributed by atoms with van der Waals surface area (Å²) in [5.41, 5.74) is 0.217. The molecule has 0 aliphatic carbocycles. The van der Waals surface area contributed by atoms with Crippen molar-refractivity contribution >= 4 is 11.7 Å². The Bertz CT molecular complexity index is 502. The van der Waals surface area contributed by atoms with E-state index < -0.39 is 5.60 Å². The fourth-order valence-corrected chi connectivity index (χ4v) is 2.25. The molecule has 1 N–H and O–H groups in total. The van der Waals surface area contributed by atoms with E-state index >= 15 is 0 Å². The molecular formula is C13H18N2O3. The lowest BCUT2D eigenvalue weighted by Gasteiger charge is -2.19. The zero-order valence-corrected chi connectivity index (χ0v) is 10.9. The van der Waals surface area contributed by atoms with Crippen LogP contribution in [0.3, 0.4) is 0 Å². The highest BCUT2D eigenvalue weighted by Gasteiger charge is 2.35. The number of hydrogen-bond acceptors (Lipinski definition) is 3. The van der Waals surface area contributed by atoms with Crippen molar-refractivity contribution in [1.82, 2.24) is 9.47 Å². The number of aliphatic hydroxyl groups is 1. The molecule has 98 valence electrons. The zero-order valence-electron chi connectivity index (χ0n) is 10.9. The van der Waals surface area contributed by atoms with Crippen molar-refractivity contribution in [3.05, 3.63) is 23.5 Å². The maximum absolute atomic E-state index is 12.3. The van der Waals surface area contributed by atoms with Crippen molar-refractivity contribution in [1.29, 1.82) is 0 Å². The molecule has 1 atom stereocenters. The fourth-order valence-electron chi connectivity index (χ4n) is 2.25. The van der Waals surface area contributed by atoms with E-state index in [4.69, 9.17) is 0 Å². The zero-order chi connectivity index (χ0) is 13.5. The molecule has 5 nitrogen and oxygen atoms in total. The number of carbonyl (C=O) groups excluding carboxylic acids is 2. The Morgan fingerprint density at radius 1 is 1.44 bits per heavy atom. The number of likely N-dealkylation sites (tertiary alicyclic amines) is 1. The molecular weight excluding hydrogens is 232 g/mol. The van der Waals surface area contributed by atoms with Gasteiger partial charge in [-0.25, -0.2) is 0 Å². The summed E-state index contributed by atoms with van der Waals surface area (Å²) in [6.45, 7) is 4.09. The van der Waals surface area contributed by atoms with Crippen molar-refractivity contribution in [3.8, 4) is 0 Å². The predicted octanol–water partition coefficient (Wildman–Crippen LogP) is 0.825. The first-order chi connectivity index (χ1) is 8.30. The second kappa shape index (κ2) is 4.24. The van der Waals surface area contributed by atoms with Gasteiger partial charge in [-0.2, -0.15) is 0 Å². The smallest absolute Gasteiger partial charge is 0.270 e. The van der Waals surface area contributed by atoms with Crippen LogP contribution < -0.4 is 0 Å². The highest BCUT2D eigenvalue weighted by atomic mass is 16.3. The van der Waals surface area contributed by atoms with E-state index in [0.717, 1.165) is 0 Å². The molecule has 1 aliphatic rings. The Hall–Kier alpha value is -1.62. The quantitative estimate of drug-likeness (QED) is 0.791. The molecule has 1 aromatic rings. The number of hydrogen-bond donors (Lipinski definition) is 1. The van der Waals surface area contributed by atoms with Gasteiger partial charge in [0.2, 0.25) is 0 Å². The summed E-state index contributed by atoms with van der Waals surface area (Å²) < 4.78 is 1.66. The van der Waals surface area contributed by atoms with Crippen LogP contribution in [0.2, 0.25) is 0 Å². The third kappa shape index (κ3) is 2.31. The SMILES string of the molecule is CC(=O)c1cc(C(=O)N2CCC(C)(O)C2)n(C)c1. The topological polar surface area (TPSA) is 62.5 Å². The summed E-state index contributed by atoms with van der Waals surface area (Å²) >= 11 is 0. The molecule has 18 heavy (non-hydrogen) atoms. The molecule has 0 aromatic carbocycles. The highest BCUT2D eigenvalue weighted by molar-refractivity contribution is 5.99. The van der Waals surface area contributed by atoms with Gasteiger partial charge >= 0.3 is 0 Å². The molecule has 0 radical (unpaired) electrons. The Labute approximate surface area is 106 Å². The van der Waals surface area contributed by atoms with E-state index in [9.17, 15) is 14.7 Å². The molecule has 5 heteroatoms. The second-order valence-electron chi connectivity index (χ2n) is 5.25. The summed E-state index contributed by atoms with van der Waals surface area (Å²) in [7, 11) is 1.74. The predicted molar refractivity (Wildman–Crippen MR) is 66.6 cm³/mol. The van der Waals surface area contributed by atoms with Crippen LogP contribution in [0.5, 0.6) is 0 Å². The number of rotatable bonds is 2. The van der Waals surface area contributed by atoms with Crippen LogP contribution in [0.15, 0.2) is 12.3 Å². The third-order valence-corrected chi connectivity index (χ3v) is 3.37. The summed E-state index contributed by atoms with van der Waals surface area (Å²) in [5, 5.41) is 9.87. The van der Waals surface area contributed by atoms with Gasteiger partial charge in [-0.1, -0.05) is 0 Å². The van der Waals surface area contributed by atoms with Crippen molar-refractivity contribution in [3.63, 3.8) is 0 Å². The molecule has 1 fully saturated rings. The molecule has 0 saturated carbocycles. The van der Waals surface area contributed by atoms with Gasteiger partial charge in [0, 0.05) is 31.9 Å². The van der Waals surface area contributed by atoms with Crippen LogP contribution in [-0.2, 0) is 7.05 Å². The monoisotopic (exact) mass is 250 g/mol. The van der Waals surface area contributed by atoms with Gasteiger partial charge in [0.25, 0.3) is 5.91 Å². The van der Waals surface area contributed by atoms with Crippen LogP contribution in [0.4, 0.5) is 0 Å². The maximum Gasteiger partial charge on any atom is 0.270 e. The minimum Gasteiger partial charge on any atom is -0.388 e. The van der Waals surface area contributed by atoms with Crippen molar-refractivity contribution in [2.75, 3.05) is 13.1 Å². The van der Waals surface area contributed by atoms with E-state index in [0.29, 0.717) is 30.8 Å². The minimum absolute atomic E-state index is 0.0573. The van der Waals surface area contributed by atoms with Gasteiger partial charge in [-0.15, -0.1) is 0 Å². The van der Waals surface area contributed by atoms with Crippen LogP contribution in [-0.4, -0.2) is 45.0 Å². The lowest BCUT2D eigenvalue weighted by atomic mass is 10.1. The molecule has 1 aromatic heterocycles.